The Hall–Kier alpha value is -2.53. The molecule has 134 valence electrons. The molecule has 0 unspecified atom stereocenters. The summed E-state index contributed by atoms with van der Waals surface area (Å²) in [6.45, 7) is 0. The molecular formula is C20H11Cl3N2O2. The Bertz CT molecular complexity index is 1190. The summed E-state index contributed by atoms with van der Waals surface area (Å²) < 4.78 is 5.78. The summed E-state index contributed by atoms with van der Waals surface area (Å²) in [5.41, 5.74) is 3.20. The molecule has 27 heavy (non-hydrogen) atoms. The van der Waals surface area contributed by atoms with Crippen LogP contribution < -0.4 is 0 Å². The second kappa shape index (κ2) is 7.24. The number of aromatic hydroxyl groups is 1. The van der Waals surface area contributed by atoms with Crippen LogP contribution in [0.25, 0.3) is 22.6 Å². The van der Waals surface area contributed by atoms with E-state index in [0.29, 0.717) is 43.3 Å². The molecule has 0 fully saturated rings. The molecule has 0 amide bonds. The summed E-state index contributed by atoms with van der Waals surface area (Å²) in [6.07, 6.45) is 1.54. The molecule has 1 heterocycles. The zero-order chi connectivity index (χ0) is 19.0. The predicted octanol–water partition coefficient (Wildman–Crippen LogP) is 6.91. The Morgan fingerprint density at radius 1 is 0.926 bits per heavy atom. The van der Waals surface area contributed by atoms with Gasteiger partial charge in [0.2, 0.25) is 5.89 Å². The summed E-state index contributed by atoms with van der Waals surface area (Å²) in [5.74, 6) is 0.546. The van der Waals surface area contributed by atoms with Crippen LogP contribution in [-0.2, 0) is 0 Å². The molecule has 1 aromatic heterocycles. The van der Waals surface area contributed by atoms with E-state index in [1.807, 2.05) is 0 Å². The lowest BCUT2D eigenvalue weighted by Crippen LogP contribution is -1.82. The number of hydrogen-bond donors (Lipinski definition) is 1. The number of fused-ring (bicyclic) bond motifs is 1. The fraction of sp³-hybridized carbons (Fsp3) is 0. The number of rotatable bonds is 3. The molecule has 0 spiro atoms. The molecule has 4 aromatic rings. The van der Waals surface area contributed by atoms with Gasteiger partial charge in [-0.1, -0.05) is 34.8 Å². The van der Waals surface area contributed by atoms with Crippen molar-refractivity contribution in [3.63, 3.8) is 0 Å². The van der Waals surface area contributed by atoms with Gasteiger partial charge in [0.05, 0.1) is 15.7 Å². The molecule has 0 aliphatic heterocycles. The summed E-state index contributed by atoms with van der Waals surface area (Å²) in [7, 11) is 0. The largest absolute Gasteiger partial charge is 0.507 e. The van der Waals surface area contributed by atoms with Crippen LogP contribution in [0.4, 0.5) is 5.69 Å². The minimum absolute atomic E-state index is 0.104. The maximum atomic E-state index is 9.86. The molecule has 1 N–H and O–H groups in total. The summed E-state index contributed by atoms with van der Waals surface area (Å²) >= 11 is 18.0. The third kappa shape index (κ3) is 3.78. The molecule has 0 radical (unpaired) electrons. The molecule has 0 saturated heterocycles. The van der Waals surface area contributed by atoms with Crippen LogP contribution in [0.2, 0.25) is 15.1 Å². The molecule has 0 bridgehead atoms. The summed E-state index contributed by atoms with van der Waals surface area (Å²) in [5, 5.41) is 11.3. The van der Waals surface area contributed by atoms with E-state index in [4.69, 9.17) is 39.2 Å². The van der Waals surface area contributed by atoms with E-state index < -0.39 is 0 Å². The number of nitrogens with zero attached hydrogens (tertiary/aromatic N) is 2. The maximum Gasteiger partial charge on any atom is 0.227 e. The first kappa shape index (κ1) is 17.9. The van der Waals surface area contributed by atoms with Crippen molar-refractivity contribution in [2.75, 3.05) is 0 Å². The summed E-state index contributed by atoms with van der Waals surface area (Å²) in [6, 6.07) is 15.3. The number of phenols is 1. The fourth-order valence-corrected chi connectivity index (χ4v) is 3.00. The highest BCUT2D eigenvalue weighted by Gasteiger charge is 2.10. The van der Waals surface area contributed by atoms with Crippen molar-refractivity contribution in [2.24, 2.45) is 4.99 Å². The number of aromatic nitrogens is 1. The zero-order valence-electron chi connectivity index (χ0n) is 13.7. The van der Waals surface area contributed by atoms with Crippen LogP contribution in [0.5, 0.6) is 5.75 Å². The second-order valence-corrected chi connectivity index (χ2v) is 7.01. The maximum absolute atomic E-state index is 9.86. The Morgan fingerprint density at radius 3 is 2.59 bits per heavy atom. The third-order valence-corrected chi connectivity index (χ3v) is 4.85. The highest BCUT2D eigenvalue weighted by atomic mass is 35.5. The SMILES string of the molecule is Oc1ccc(Cl)cc1C=Nc1ccc2oc(-c3ccc(Cl)c(Cl)c3)nc2c1. The van der Waals surface area contributed by atoms with Gasteiger partial charge in [0.1, 0.15) is 11.3 Å². The normalized spacial score (nSPS) is 11.5. The number of aliphatic imine (C=N–C) groups is 1. The van der Waals surface area contributed by atoms with E-state index in [0.717, 1.165) is 5.56 Å². The third-order valence-electron chi connectivity index (χ3n) is 3.88. The van der Waals surface area contributed by atoms with Crippen LogP contribution in [-0.4, -0.2) is 16.3 Å². The van der Waals surface area contributed by atoms with Gasteiger partial charge in [-0.15, -0.1) is 0 Å². The second-order valence-electron chi connectivity index (χ2n) is 5.76. The average molecular weight is 418 g/mol. The Balaban J connectivity index is 1.67. The van der Waals surface area contributed by atoms with Crippen LogP contribution in [0.3, 0.4) is 0 Å². The highest BCUT2D eigenvalue weighted by Crippen LogP contribution is 2.31. The van der Waals surface area contributed by atoms with Gasteiger partial charge in [-0.25, -0.2) is 4.98 Å². The topological polar surface area (TPSA) is 58.6 Å². The van der Waals surface area contributed by atoms with Gasteiger partial charge in [-0.2, -0.15) is 0 Å². The van der Waals surface area contributed by atoms with Gasteiger partial charge in [-0.05, 0) is 54.6 Å². The van der Waals surface area contributed by atoms with E-state index >= 15 is 0 Å². The Kier molecular flexibility index (Phi) is 4.79. The van der Waals surface area contributed by atoms with Crippen molar-refractivity contribution in [1.29, 1.82) is 0 Å². The minimum Gasteiger partial charge on any atom is -0.507 e. The average Bonchev–Trinajstić information content (AvgIpc) is 3.08. The van der Waals surface area contributed by atoms with Crippen LogP contribution >= 0.6 is 34.8 Å². The van der Waals surface area contributed by atoms with Crippen molar-refractivity contribution < 1.29 is 9.52 Å². The number of oxazole rings is 1. The van der Waals surface area contributed by atoms with Crippen molar-refractivity contribution in [2.45, 2.75) is 0 Å². The Morgan fingerprint density at radius 2 is 1.78 bits per heavy atom. The van der Waals surface area contributed by atoms with Crippen molar-refractivity contribution >= 4 is 57.8 Å². The molecule has 0 atom stereocenters. The van der Waals surface area contributed by atoms with Gasteiger partial charge < -0.3 is 9.52 Å². The van der Waals surface area contributed by atoms with Crippen molar-refractivity contribution in [1.82, 2.24) is 4.98 Å². The molecule has 4 nitrogen and oxygen atoms in total. The zero-order valence-corrected chi connectivity index (χ0v) is 15.9. The first-order chi connectivity index (χ1) is 13.0. The van der Waals surface area contributed by atoms with Gasteiger partial charge in [0, 0.05) is 22.4 Å². The van der Waals surface area contributed by atoms with Crippen molar-refractivity contribution in [3.05, 3.63) is 75.2 Å². The molecule has 0 aliphatic carbocycles. The van der Waals surface area contributed by atoms with E-state index in [2.05, 4.69) is 9.98 Å². The lowest BCUT2D eigenvalue weighted by Gasteiger charge is -1.99. The quantitative estimate of drug-likeness (QED) is 0.368. The lowest BCUT2D eigenvalue weighted by atomic mass is 10.2. The lowest BCUT2D eigenvalue weighted by molar-refractivity contribution is 0.474. The Labute approximate surface area is 169 Å². The van der Waals surface area contributed by atoms with E-state index in [1.165, 1.54) is 6.07 Å². The predicted molar refractivity (Wildman–Crippen MR) is 110 cm³/mol. The minimum atomic E-state index is 0.104. The van der Waals surface area contributed by atoms with Gasteiger partial charge in [0.15, 0.2) is 5.58 Å². The molecule has 3 aromatic carbocycles. The highest BCUT2D eigenvalue weighted by molar-refractivity contribution is 6.42. The first-order valence-corrected chi connectivity index (χ1v) is 9.01. The molecule has 7 heteroatoms. The number of hydrogen-bond acceptors (Lipinski definition) is 4. The van der Waals surface area contributed by atoms with Crippen molar-refractivity contribution in [3.8, 4) is 17.2 Å². The first-order valence-electron chi connectivity index (χ1n) is 7.88. The monoisotopic (exact) mass is 416 g/mol. The molecular weight excluding hydrogens is 407 g/mol. The number of halogens is 3. The molecule has 0 aliphatic rings. The van der Waals surface area contributed by atoms with Crippen LogP contribution in [0.15, 0.2) is 64.0 Å². The van der Waals surface area contributed by atoms with Crippen LogP contribution in [0, 0.1) is 0 Å². The van der Waals surface area contributed by atoms with Crippen LogP contribution in [0.1, 0.15) is 5.56 Å². The summed E-state index contributed by atoms with van der Waals surface area (Å²) in [4.78, 5) is 8.86. The van der Waals surface area contributed by atoms with E-state index in [1.54, 1.807) is 54.7 Å². The standard InChI is InChI=1S/C20H11Cl3N2O2/c21-13-2-5-18(26)12(7-13)10-24-14-3-6-19-17(9-14)25-20(27-19)11-1-4-15(22)16(23)8-11/h1-10,26H. The molecule has 0 saturated carbocycles. The molecule has 4 rings (SSSR count). The fourth-order valence-electron chi connectivity index (χ4n) is 2.52. The van der Waals surface area contributed by atoms with Gasteiger partial charge in [-0.3, -0.25) is 4.99 Å². The van der Waals surface area contributed by atoms with E-state index in [-0.39, 0.29) is 5.75 Å². The smallest absolute Gasteiger partial charge is 0.227 e. The van der Waals surface area contributed by atoms with Gasteiger partial charge >= 0.3 is 0 Å². The van der Waals surface area contributed by atoms with Gasteiger partial charge in [0.25, 0.3) is 0 Å². The van der Waals surface area contributed by atoms with E-state index in [9.17, 15) is 5.11 Å². The number of phenolic OH excluding ortho intramolecular Hbond substituents is 1. The number of benzene rings is 3.